The van der Waals surface area contributed by atoms with Crippen LogP contribution in [0.1, 0.15) is 30.9 Å². The molecule has 70 valence electrons. The van der Waals surface area contributed by atoms with Gasteiger partial charge in [-0.1, -0.05) is 30.7 Å². The summed E-state index contributed by atoms with van der Waals surface area (Å²) in [7, 11) is 0. The molecule has 0 unspecified atom stereocenters. The minimum Gasteiger partial charge on any atom is -0.299 e. The first-order valence-corrected chi connectivity index (χ1v) is 4.66. The third-order valence-electron chi connectivity index (χ3n) is 2.31. The van der Waals surface area contributed by atoms with Crippen LogP contribution in [0.25, 0.3) is 0 Å². The molecule has 1 aromatic rings. The molecule has 1 atom stereocenters. The molecule has 2 heteroatoms. The maximum absolute atomic E-state index is 11.1. The third-order valence-corrected chi connectivity index (χ3v) is 2.71. The van der Waals surface area contributed by atoms with E-state index in [0.717, 1.165) is 16.1 Å². The highest BCUT2D eigenvalue weighted by Crippen LogP contribution is 2.22. The van der Waals surface area contributed by atoms with E-state index in [-0.39, 0.29) is 11.7 Å². The zero-order chi connectivity index (χ0) is 10.0. The smallest absolute Gasteiger partial charge is 0.136 e. The predicted molar refractivity (Wildman–Crippen MR) is 55.3 cm³/mol. The van der Waals surface area contributed by atoms with Gasteiger partial charge in [-0.2, -0.15) is 0 Å². The van der Waals surface area contributed by atoms with Gasteiger partial charge in [-0.25, -0.2) is 0 Å². The van der Waals surface area contributed by atoms with Gasteiger partial charge in [0, 0.05) is 10.9 Å². The van der Waals surface area contributed by atoms with Crippen molar-refractivity contribution in [3.8, 4) is 0 Å². The van der Waals surface area contributed by atoms with Gasteiger partial charge >= 0.3 is 0 Å². The zero-order valence-corrected chi connectivity index (χ0v) is 8.85. The number of hydrogen-bond donors (Lipinski definition) is 0. The summed E-state index contributed by atoms with van der Waals surface area (Å²) in [6.07, 6.45) is 0. The highest BCUT2D eigenvalue weighted by atomic mass is 35.5. The summed E-state index contributed by atoms with van der Waals surface area (Å²) in [6.45, 7) is 5.44. The molecule has 0 heterocycles. The van der Waals surface area contributed by atoms with Gasteiger partial charge in [0.05, 0.1) is 0 Å². The van der Waals surface area contributed by atoms with Crippen molar-refractivity contribution >= 4 is 17.4 Å². The van der Waals surface area contributed by atoms with E-state index in [1.807, 2.05) is 32.0 Å². The molecular weight excluding hydrogens is 184 g/mol. The Morgan fingerprint density at radius 3 is 2.54 bits per heavy atom. The van der Waals surface area contributed by atoms with Gasteiger partial charge in [-0.05, 0) is 31.0 Å². The fourth-order valence-electron chi connectivity index (χ4n) is 1.11. The second-order valence-electron chi connectivity index (χ2n) is 3.34. The van der Waals surface area contributed by atoms with Gasteiger partial charge in [0.15, 0.2) is 0 Å². The number of carbonyl (C=O) groups is 1. The van der Waals surface area contributed by atoms with Gasteiger partial charge in [0.25, 0.3) is 0 Å². The number of Topliss-reactive ketones (excluding diaryl/α,β-unsaturated/α-hetero) is 1. The Labute approximate surface area is 83.7 Å². The maximum atomic E-state index is 11.1. The van der Waals surface area contributed by atoms with Crippen LogP contribution in [-0.2, 0) is 4.79 Å². The standard InChI is InChI=1S/C11H13ClO/c1-7-4-5-10(6-11(7)12)8(2)9(3)13/h4-6,8H,1-3H3/t8-/m0/s1. The van der Waals surface area contributed by atoms with Crippen molar-refractivity contribution in [2.45, 2.75) is 26.7 Å². The molecule has 0 aliphatic heterocycles. The molecule has 0 saturated heterocycles. The minimum absolute atomic E-state index is 0.0573. The van der Waals surface area contributed by atoms with Crippen molar-refractivity contribution in [2.75, 3.05) is 0 Å². The van der Waals surface area contributed by atoms with Gasteiger partial charge < -0.3 is 0 Å². The van der Waals surface area contributed by atoms with Crippen molar-refractivity contribution in [1.29, 1.82) is 0 Å². The normalized spacial score (nSPS) is 12.6. The Morgan fingerprint density at radius 2 is 2.08 bits per heavy atom. The molecular formula is C11H13ClO. The van der Waals surface area contributed by atoms with E-state index in [1.54, 1.807) is 6.92 Å². The predicted octanol–water partition coefficient (Wildman–Crippen LogP) is 3.34. The number of aryl methyl sites for hydroxylation is 1. The van der Waals surface area contributed by atoms with Crippen LogP contribution < -0.4 is 0 Å². The first-order chi connectivity index (χ1) is 6.02. The molecule has 0 bridgehead atoms. The fraction of sp³-hybridized carbons (Fsp3) is 0.364. The highest BCUT2D eigenvalue weighted by molar-refractivity contribution is 6.31. The Bertz CT molecular complexity index is 331. The average Bonchev–Trinajstić information content (AvgIpc) is 2.08. The summed E-state index contributed by atoms with van der Waals surface area (Å²) in [6, 6.07) is 5.76. The van der Waals surface area contributed by atoms with Crippen molar-refractivity contribution in [1.82, 2.24) is 0 Å². The quantitative estimate of drug-likeness (QED) is 0.709. The number of hydrogen-bond acceptors (Lipinski definition) is 1. The lowest BCUT2D eigenvalue weighted by atomic mass is 9.97. The Balaban J connectivity index is 3.03. The number of ketones is 1. The van der Waals surface area contributed by atoms with E-state index in [0.29, 0.717) is 0 Å². The molecule has 0 amide bonds. The second-order valence-corrected chi connectivity index (χ2v) is 3.75. The number of halogens is 1. The van der Waals surface area contributed by atoms with Crippen LogP contribution >= 0.6 is 11.6 Å². The lowest BCUT2D eigenvalue weighted by Crippen LogP contribution is -2.03. The summed E-state index contributed by atoms with van der Waals surface area (Å²) in [5, 5.41) is 0.727. The Kier molecular flexibility index (Phi) is 3.10. The summed E-state index contributed by atoms with van der Waals surface area (Å²) in [5.74, 6) is 0.109. The molecule has 0 aromatic heterocycles. The first-order valence-electron chi connectivity index (χ1n) is 4.29. The molecule has 0 fully saturated rings. The number of carbonyl (C=O) groups excluding carboxylic acids is 1. The maximum Gasteiger partial charge on any atom is 0.136 e. The summed E-state index contributed by atoms with van der Waals surface area (Å²) in [5.41, 5.74) is 2.03. The van der Waals surface area contributed by atoms with Crippen LogP contribution in [0.2, 0.25) is 5.02 Å². The molecule has 0 aliphatic carbocycles. The lowest BCUT2D eigenvalue weighted by Gasteiger charge is -2.08. The molecule has 1 nitrogen and oxygen atoms in total. The van der Waals surface area contributed by atoms with Gasteiger partial charge in [0.2, 0.25) is 0 Å². The van der Waals surface area contributed by atoms with E-state index in [9.17, 15) is 4.79 Å². The van der Waals surface area contributed by atoms with E-state index in [4.69, 9.17) is 11.6 Å². The van der Waals surface area contributed by atoms with Crippen LogP contribution in [0, 0.1) is 6.92 Å². The number of benzene rings is 1. The molecule has 0 saturated carbocycles. The average molecular weight is 197 g/mol. The molecule has 0 radical (unpaired) electrons. The number of rotatable bonds is 2. The Hall–Kier alpha value is -0.820. The summed E-state index contributed by atoms with van der Waals surface area (Å²) < 4.78 is 0. The molecule has 0 spiro atoms. The van der Waals surface area contributed by atoms with Gasteiger partial charge in [-0.15, -0.1) is 0 Å². The van der Waals surface area contributed by atoms with Crippen LogP contribution in [0.3, 0.4) is 0 Å². The Morgan fingerprint density at radius 1 is 1.46 bits per heavy atom. The van der Waals surface area contributed by atoms with E-state index >= 15 is 0 Å². The molecule has 0 N–H and O–H groups in total. The minimum atomic E-state index is -0.0573. The van der Waals surface area contributed by atoms with Gasteiger partial charge in [0.1, 0.15) is 5.78 Å². The van der Waals surface area contributed by atoms with Crippen LogP contribution in [0.5, 0.6) is 0 Å². The molecule has 13 heavy (non-hydrogen) atoms. The highest BCUT2D eigenvalue weighted by Gasteiger charge is 2.10. The van der Waals surface area contributed by atoms with Crippen molar-refractivity contribution in [3.63, 3.8) is 0 Å². The molecule has 0 aliphatic rings. The van der Waals surface area contributed by atoms with Crippen LogP contribution in [0.4, 0.5) is 0 Å². The first kappa shape index (κ1) is 10.3. The van der Waals surface area contributed by atoms with Crippen molar-refractivity contribution in [3.05, 3.63) is 34.3 Å². The monoisotopic (exact) mass is 196 g/mol. The fourth-order valence-corrected chi connectivity index (χ4v) is 1.30. The van der Waals surface area contributed by atoms with Gasteiger partial charge in [-0.3, -0.25) is 4.79 Å². The third kappa shape index (κ3) is 2.31. The van der Waals surface area contributed by atoms with E-state index < -0.39 is 0 Å². The summed E-state index contributed by atoms with van der Waals surface area (Å²) in [4.78, 5) is 11.1. The zero-order valence-electron chi connectivity index (χ0n) is 8.10. The summed E-state index contributed by atoms with van der Waals surface area (Å²) >= 11 is 5.95. The lowest BCUT2D eigenvalue weighted by molar-refractivity contribution is -0.118. The molecule has 1 rings (SSSR count). The molecule has 1 aromatic carbocycles. The van der Waals surface area contributed by atoms with Crippen molar-refractivity contribution in [2.24, 2.45) is 0 Å². The SMILES string of the molecule is CC(=O)[C@H](C)c1ccc(C)c(Cl)c1. The van der Waals surface area contributed by atoms with Crippen molar-refractivity contribution < 1.29 is 4.79 Å². The van der Waals surface area contributed by atoms with Crippen LogP contribution in [-0.4, -0.2) is 5.78 Å². The topological polar surface area (TPSA) is 17.1 Å². The van der Waals surface area contributed by atoms with E-state index in [2.05, 4.69) is 0 Å². The largest absolute Gasteiger partial charge is 0.299 e. The van der Waals surface area contributed by atoms with Crippen LogP contribution in [0.15, 0.2) is 18.2 Å². The second kappa shape index (κ2) is 3.93. The van der Waals surface area contributed by atoms with E-state index in [1.165, 1.54) is 0 Å².